The van der Waals surface area contributed by atoms with E-state index in [-0.39, 0.29) is 36.4 Å². The maximum absolute atomic E-state index is 13.2. The number of phenolic OH excluding ortho intramolecular Hbond substituents is 1. The number of ether oxygens (including phenoxy) is 1. The molecule has 1 aliphatic rings. The summed E-state index contributed by atoms with van der Waals surface area (Å²) in [6, 6.07) is 12.4. The molecule has 2 aromatic carbocycles. The van der Waals surface area contributed by atoms with Crippen molar-refractivity contribution in [3.63, 3.8) is 0 Å². The molecule has 1 fully saturated rings. The van der Waals surface area contributed by atoms with Crippen molar-refractivity contribution < 1.29 is 14.6 Å². The highest BCUT2D eigenvalue weighted by Gasteiger charge is 2.24. The van der Waals surface area contributed by atoms with Crippen LogP contribution in [-0.4, -0.2) is 44.7 Å². The zero-order valence-corrected chi connectivity index (χ0v) is 17.0. The topological polar surface area (TPSA) is 84.7 Å². The van der Waals surface area contributed by atoms with Crippen LogP contribution in [0.2, 0.25) is 0 Å². The number of fused-ring (bicyclic) bond motifs is 1. The minimum atomic E-state index is -0.239. The van der Waals surface area contributed by atoms with Gasteiger partial charge in [0.1, 0.15) is 12.3 Å². The van der Waals surface area contributed by atoms with E-state index in [0.717, 1.165) is 18.4 Å². The Morgan fingerprint density at radius 3 is 2.87 bits per heavy atom. The maximum atomic E-state index is 13.2. The Bertz CT molecular complexity index is 1120. The molecule has 1 N–H and O–H groups in total. The fourth-order valence-corrected chi connectivity index (χ4v) is 3.83. The van der Waals surface area contributed by atoms with Crippen LogP contribution in [0.25, 0.3) is 10.9 Å². The second kappa shape index (κ2) is 8.67. The van der Waals surface area contributed by atoms with Crippen LogP contribution in [-0.2, 0) is 22.6 Å². The molecule has 3 aromatic rings. The quantitative estimate of drug-likeness (QED) is 0.679. The molecule has 1 saturated heterocycles. The number of aromatic hydroxyl groups is 1. The highest BCUT2D eigenvalue weighted by atomic mass is 16.5. The van der Waals surface area contributed by atoms with E-state index in [1.807, 2.05) is 25.1 Å². The number of amides is 1. The highest BCUT2D eigenvalue weighted by Crippen LogP contribution is 2.20. The number of phenols is 1. The zero-order chi connectivity index (χ0) is 21.1. The molecule has 1 atom stereocenters. The predicted octanol–water partition coefficient (Wildman–Crippen LogP) is 2.62. The van der Waals surface area contributed by atoms with Crippen LogP contribution >= 0.6 is 0 Å². The van der Waals surface area contributed by atoms with Gasteiger partial charge in [-0.25, -0.2) is 4.98 Å². The lowest BCUT2D eigenvalue weighted by atomic mass is 10.1. The van der Waals surface area contributed by atoms with Crippen LogP contribution in [0.15, 0.2) is 53.6 Å². The highest BCUT2D eigenvalue weighted by molar-refractivity contribution is 5.81. The summed E-state index contributed by atoms with van der Waals surface area (Å²) in [5, 5.41) is 10.6. The standard InChI is InChI=1S/C23H25N3O4/c1-16-6-4-9-19-22(16)24-15-26(23(19)29)14-21(28)25(13-18-8-5-11-30-18)12-17-7-2-3-10-20(17)27/h2-4,6-7,9-10,15,18,27H,5,8,11-14H2,1H3. The summed E-state index contributed by atoms with van der Waals surface area (Å²) >= 11 is 0. The van der Waals surface area contributed by atoms with Crippen molar-refractivity contribution in [3.8, 4) is 5.75 Å². The zero-order valence-electron chi connectivity index (χ0n) is 17.0. The molecule has 2 heterocycles. The van der Waals surface area contributed by atoms with E-state index in [0.29, 0.717) is 29.6 Å². The Balaban J connectivity index is 1.59. The van der Waals surface area contributed by atoms with E-state index in [1.165, 1.54) is 10.9 Å². The van der Waals surface area contributed by atoms with E-state index in [1.54, 1.807) is 29.2 Å². The van der Waals surface area contributed by atoms with Gasteiger partial charge in [0, 0.05) is 25.3 Å². The Morgan fingerprint density at radius 2 is 2.10 bits per heavy atom. The molecule has 0 saturated carbocycles. The van der Waals surface area contributed by atoms with Gasteiger partial charge < -0.3 is 14.7 Å². The molecule has 30 heavy (non-hydrogen) atoms. The van der Waals surface area contributed by atoms with E-state index >= 15 is 0 Å². The molecule has 0 bridgehead atoms. The number of para-hydroxylation sites is 2. The van der Waals surface area contributed by atoms with Crippen molar-refractivity contribution in [1.29, 1.82) is 0 Å². The van der Waals surface area contributed by atoms with Crippen LogP contribution in [0.1, 0.15) is 24.0 Å². The van der Waals surface area contributed by atoms with E-state index in [2.05, 4.69) is 4.98 Å². The van der Waals surface area contributed by atoms with Crippen molar-refractivity contribution in [2.24, 2.45) is 0 Å². The molecule has 4 rings (SSSR count). The molecule has 0 radical (unpaired) electrons. The number of rotatable bonds is 6. The third-order valence-corrected chi connectivity index (χ3v) is 5.51. The predicted molar refractivity (Wildman–Crippen MR) is 113 cm³/mol. The molecular formula is C23H25N3O4. The van der Waals surface area contributed by atoms with E-state index in [9.17, 15) is 14.7 Å². The third kappa shape index (κ3) is 4.21. The largest absolute Gasteiger partial charge is 0.508 e. The van der Waals surface area contributed by atoms with Gasteiger partial charge in [0.05, 0.1) is 23.3 Å². The fraction of sp³-hybridized carbons (Fsp3) is 0.348. The molecule has 156 valence electrons. The third-order valence-electron chi connectivity index (χ3n) is 5.51. The first-order valence-corrected chi connectivity index (χ1v) is 10.1. The van der Waals surface area contributed by atoms with Gasteiger partial charge in [0.25, 0.3) is 5.56 Å². The minimum absolute atomic E-state index is 0.0334. The number of hydrogen-bond acceptors (Lipinski definition) is 5. The molecular weight excluding hydrogens is 382 g/mol. The SMILES string of the molecule is Cc1cccc2c(=O)n(CC(=O)N(Cc3ccccc3O)CC3CCCO3)cnc12. The first-order valence-electron chi connectivity index (χ1n) is 10.1. The first-order chi connectivity index (χ1) is 14.5. The fourth-order valence-electron chi connectivity index (χ4n) is 3.83. The lowest BCUT2D eigenvalue weighted by Gasteiger charge is -2.26. The summed E-state index contributed by atoms with van der Waals surface area (Å²) in [5.41, 5.74) is 1.99. The average molecular weight is 407 g/mol. The van der Waals surface area contributed by atoms with Crippen molar-refractivity contribution >= 4 is 16.8 Å². The number of aromatic nitrogens is 2. The van der Waals surface area contributed by atoms with Crippen LogP contribution in [0.5, 0.6) is 5.75 Å². The summed E-state index contributed by atoms with van der Waals surface area (Å²) in [5.74, 6) is -0.0766. The molecule has 1 unspecified atom stereocenters. The number of carbonyl (C=O) groups excluding carboxylic acids is 1. The smallest absolute Gasteiger partial charge is 0.261 e. The number of nitrogens with zero attached hydrogens (tertiary/aromatic N) is 3. The monoisotopic (exact) mass is 407 g/mol. The average Bonchev–Trinajstić information content (AvgIpc) is 3.25. The number of carbonyl (C=O) groups is 1. The normalized spacial score (nSPS) is 16.1. The van der Waals surface area contributed by atoms with Crippen molar-refractivity contribution in [3.05, 3.63) is 70.3 Å². The Labute approximate surface area is 174 Å². The summed E-state index contributed by atoms with van der Waals surface area (Å²) in [7, 11) is 0. The van der Waals surface area contributed by atoms with Gasteiger partial charge in [0.15, 0.2) is 0 Å². The summed E-state index contributed by atoms with van der Waals surface area (Å²) < 4.78 is 7.05. The molecule has 1 amide bonds. The Hall–Kier alpha value is -3.19. The maximum Gasteiger partial charge on any atom is 0.261 e. The van der Waals surface area contributed by atoms with Gasteiger partial charge in [-0.1, -0.05) is 30.3 Å². The van der Waals surface area contributed by atoms with Crippen molar-refractivity contribution in [1.82, 2.24) is 14.5 Å². The van der Waals surface area contributed by atoms with Gasteiger partial charge in [0.2, 0.25) is 5.91 Å². The molecule has 0 spiro atoms. The van der Waals surface area contributed by atoms with Crippen LogP contribution < -0.4 is 5.56 Å². The second-order valence-corrected chi connectivity index (χ2v) is 7.69. The summed E-state index contributed by atoms with van der Waals surface area (Å²) in [4.78, 5) is 32.1. The Kier molecular flexibility index (Phi) is 5.81. The van der Waals surface area contributed by atoms with Gasteiger partial charge in [-0.2, -0.15) is 0 Å². The molecule has 0 aliphatic carbocycles. The van der Waals surface area contributed by atoms with Gasteiger partial charge in [-0.15, -0.1) is 0 Å². The molecule has 1 aromatic heterocycles. The minimum Gasteiger partial charge on any atom is -0.508 e. The lowest BCUT2D eigenvalue weighted by molar-refractivity contribution is -0.134. The first kappa shape index (κ1) is 20.1. The second-order valence-electron chi connectivity index (χ2n) is 7.69. The molecule has 1 aliphatic heterocycles. The van der Waals surface area contributed by atoms with Crippen molar-refractivity contribution in [2.45, 2.75) is 39.0 Å². The van der Waals surface area contributed by atoms with Crippen LogP contribution in [0.3, 0.4) is 0 Å². The summed E-state index contributed by atoms with van der Waals surface area (Å²) in [6.07, 6.45) is 3.26. The number of hydrogen-bond donors (Lipinski definition) is 1. The lowest BCUT2D eigenvalue weighted by Crippen LogP contribution is -2.40. The van der Waals surface area contributed by atoms with E-state index < -0.39 is 0 Å². The summed E-state index contributed by atoms with van der Waals surface area (Å²) in [6.45, 7) is 3.15. The molecule has 7 nitrogen and oxygen atoms in total. The van der Waals surface area contributed by atoms with Crippen LogP contribution in [0.4, 0.5) is 0 Å². The number of aryl methyl sites for hydroxylation is 1. The Morgan fingerprint density at radius 1 is 1.27 bits per heavy atom. The number of benzene rings is 2. The van der Waals surface area contributed by atoms with Gasteiger partial charge in [-0.3, -0.25) is 14.2 Å². The van der Waals surface area contributed by atoms with Gasteiger partial charge >= 0.3 is 0 Å². The molecule has 7 heteroatoms. The van der Waals surface area contributed by atoms with Crippen molar-refractivity contribution in [2.75, 3.05) is 13.2 Å². The van der Waals surface area contributed by atoms with Gasteiger partial charge in [-0.05, 0) is 37.5 Å². The van der Waals surface area contributed by atoms with E-state index in [4.69, 9.17) is 4.74 Å². The van der Waals surface area contributed by atoms with Crippen LogP contribution in [0, 0.1) is 6.92 Å².